The van der Waals surface area contributed by atoms with Gasteiger partial charge in [-0.05, 0) is 40.8 Å². The third-order valence-electron chi connectivity index (χ3n) is 2.80. The lowest BCUT2D eigenvalue weighted by Crippen LogP contribution is -2.12. The van der Waals surface area contributed by atoms with E-state index in [2.05, 4.69) is 31.5 Å². The molecule has 0 aliphatic rings. The number of hydrogen-bond donors (Lipinski definition) is 0. The summed E-state index contributed by atoms with van der Waals surface area (Å²) in [5.74, 6) is -0.887. The van der Waals surface area contributed by atoms with Gasteiger partial charge >= 0.3 is 10.1 Å². The molecule has 0 atom stereocenters. The van der Waals surface area contributed by atoms with Crippen molar-refractivity contribution in [2.45, 2.75) is 4.90 Å². The van der Waals surface area contributed by atoms with Crippen LogP contribution in [0.3, 0.4) is 0 Å². The van der Waals surface area contributed by atoms with E-state index in [1.807, 2.05) is 0 Å². The van der Waals surface area contributed by atoms with Crippen LogP contribution < -0.4 is 4.18 Å². The Kier molecular flexibility index (Phi) is 4.09. The Hall–Kier alpha value is -2.33. The summed E-state index contributed by atoms with van der Waals surface area (Å²) in [4.78, 5) is -0.556. The Labute approximate surface area is 139 Å². The molecule has 0 unspecified atom stereocenters. The predicted octanol–water partition coefficient (Wildman–Crippen LogP) is 2.33. The SMILES string of the molecule is O=S(=O)(Oc1cccc(-n2cnnn2)c1)c1cc(Br)ccc1F. The Bertz CT molecular complexity index is 948. The van der Waals surface area contributed by atoms with Gasteiger partial charge in [-0.2, -0.15) is 8.42 Å². The van der Waals surface area contributed by atoms with Crippen molar-refractivity contribution in [3.05, 3.63) is 59.1 Å². The number of hydrogen-bond acceptors (Lipinski definition) is 6. The van der Waals surface area contributed by atoms with E-state index in [1.165, 1.54) is 29.2 Å². The highest BCUT2D eigenvalue weighted by Crippen LogP contribution is 2.25. The van der Waals surface area contributed by atoms with Crippen LogP contribution in [0.1, 0.15) is 0 Å². The van der Waals surface area contributed by atoms with Gasteiger partial charge in [-0.25, -0.2) is 9.07 Å². The zero-order valence-electron chi connectivity index (χ0n) is 11.3. The van der Waals surface area contributed by atoms with Gasteiger partial charge in [-0.3, -0.25) is 0 Å². The van der Waals surface area contributed by atoms with Crippen LogP contribution in [-0.2, 0) is 10.1 Å². The molecule has 3 rings (SSSR count). The molecule has 0 spiro atoms. The highest BCUT2D eigenvalue weighted by atomic mass is 79.9. The average molecular weight is 399 g/mol. The van der Waals surface area contributed by atoms with E-state index in [9.17, 15) is 12.8 Å². The van der Waals surface area contributed by atoms with E-state index >= 15 is 0 Å². The van der Waals surface area contributed by atoms with Gasteiger partial charge in [-0.1, -0.05) is 22.0 Å². The number of benzene rings is 2. The third kappa shape index (κ3) is 3.37. The second-order valence-electron chi connectivity index (χ2n) is 4.36. The highest BCUT2D eigenvalue weighted by molar-refractivity contribution is 9.10. The van der Waals surface area contributed by atoms with Crippen LogP contribution in [-0.4, -0.2) is 28.6 Å². The molecule has 0 N–H and O–H groups in total. The molecule has 23 heavy (non-hydrogen) atoms. The van der Waals surface area contributed by atoms with Crippen LogP contribution in [0.5, 0.6) is 5.75 Å². The first-order valence-corrected chi connectivity index (χ1v) is 8.39. The number of rotatable bonds is 4. The Morgan fingerprint density at radius 1 is 1.17 bits per heavy atom. The fourth-order valence-corrected chi connectivity index (χ4v) is 3.34. The zero-order valence-corrected chi connectivity index (χ0v) is 13.7. The molecule has 10 heteroatoms. The van der Waals surface area contributed by atoms with Crippen LogP contribution in [0.4, 0.5) is 4.39 Å². The summed E-state index contributed by atoms with van der Waals surface area (Å²) >= 11 is 3.10. The molecule has 0 saturated carbocycles. The van der Waals surface area contributed by atoms with Gasteiger partial charge in [0.15, 0.2) is 0 Å². The molecule has 0 aliphatic heterocycles. The summed E-state index contributed by atoms with van der Waals surface area (Å²) in [7, 11) is -4.32. The van der Waals surface area contributed by atoms with E-state index < -0.39 is 20.8 Å². The lowest BCUT2D eigenvalue weighted by atomic mass is 10.3. The number of halogens is 2. The predicted molar refractivity (Wildman–Crippen MR) is 81.1 cm³/mol. The van der Waals surface area contributed by atoms with Crippen LogP contribution in [0.15, 0.2) is 58.2 Å². The van der Waals surface area contributed by atoms with Crippen molar-refractivity contribution in [1.29, 1.82) is 0 Å². The maximum Gasteiger partial charge on any atom is 0.342 e. The van der Waals surface area contributed by atoms with Gasteiger partial charge in [0, 0.05) is 10.5 Å². The van der Waals surface area contributed by atoms with E-state index in [0.717, 1.165) is 12.1 Å². The molecular weight excluding hydrogens is 391 g/mol. The van der Waals surface area contributed by atoms with Gasteiger partial charge in [-0.15, -0.1) is 5.10 Å². The van der Waals surface area contributed by atoms with Crippen molar-refractivity contribution in [3.63, 3.8) is 0 Å². The number of tetrazole rings is 1. The number of nitrogens with zero attached hydrogens (tertiary/aromatic N) is 4. The van der Waals surface area contributed by atoms with Gasteiger partial charge in [0.1, 0.15) is 22.8 Å². The Balaban J connectivity index is 1.95. The zero-order chi connectivity index (χ0) is 16.4. The highest BCUT2D eigenvalue weighted by Gasteiger charge is 2.22. The summed E-state index contributed by atoms with van der Waals surface area (Å²) in [6, 6.07) is 9.65. The average Bonchev–Trinajstić information content (AvgIpc) is 3.04. The van der Waals surface area contributed by atoms with Crippen molar-refractivity contribution < 1.29 is 17.0 Å². The second kappa shape index (κ2) is 6.05. The quantitative estimate of drug-likeness (QED) is 0.626. The second-order valence-corrected chi connectivity index (χ2v) is 6.79. The minimum absolute atomic E-state index is 0.0115. The van der Waals surface area contributed by atoms with Gasteiger partial charge in [0.2, 0.25) is 0 Å². The molecular formula is C13H8BrFN4O3S. The fourth-order valence-electron chi connectivity index (χ4n) is 1.80. The smallest absolute Gasteiger partial charge is 0.342 e. The van der Waals surface area contributed by atoms with Gasteiger partial charge in [0.25, 0.3) is 0 Å². The van der Waals surface area contributed by atoms with Crippen molar-refractivity contribution in [2.24, 2.45) is 0 Å². The van der Waals surface area contributed by atoms with Gasteiger partial charge < -0.3 is 4.18 Å². The van der Waals surface area contributed by atoms with Crippen molar-refractivity contribution >= 4 is 26.0 Å². The van der Waals surface area contributed by atoms with E-state index in [0.29, 0.717) is 10.2 Å². The number of aromatic nitrogens is 4. The maximum absolute atomic E-state index is 13.8. The molecule has 0 saturated heterocycles. The normalized spacial score (nSPS) is 11.4. The van der Waals surface area contributed by atoms with Gasteiger partial charge in [0.05, 0.1) is 5.69 Å². The molecule has 0 bridgehead atoms. The summed E-state index contributed by atoms with van der Waals surface area (Å²) in [5, 5.41) is 10.7. The van der Waals surface area contributed by atoms with E-state index in [-0.39, 0.29) is 5.75 Å². The summed E-state index contributed by atoms with van der Waals surface area (Å²) in [6.45, 7) is 0. The molecule has 118 valence electrons. The van der Waals surface area contributed by atoms with Crippen LogP contribution in [0.25, 0.3) is 5.69 Å². The first-order valence-electron chi connectivity index (χ1n) is 6.19. The summed E-state index contributed by atoms with van der Waals surface area (Å²) in [5.41, 5.74) is 0.498. The monoisotopic (exact) mass is 398 g/mol. The molecule has 0 radical (unpaired) electrons. The molecule has 1 heterocycles. The first-order chi connectivity index (χ1) is 11.0. The van der Waals surface area contributed by atoms with Crippen LogP contribution in [0, 0.1) is 5.82 Å². The van der Waals surface area contributed by atoms with Crippen molar-refractivity contribution in [2.75, 3.05) is 0 Å². The van der Waals surface area contributed by atoms with Crippen molar-refractivity contribution in [1.82, 2.24) is 20.2 Å². The van der Waals surface area contributed by atoms with E-state index in [1.54, 1.807) is 12.1 Å². The lowest BCUT2D eigenvalue weighted by Gasteiger charge is -2.09. The summed E-state index contributed by atoms with van der Waals surface area (Å²) < 4.78 is 45.0. The largest absolute Gasteiger partial charge is 0.379 e. The molecule has 0 aliphatic carbocycles. The fraction of sp³-hybridized carbons (Fsp3) is 0. The van der Waals surface area contributed by atoms with Crippen LogP contribution in [0.2, 0.25) is 0 Å². The topological polar surface area (TPSA) is 87.0 Å². The third-order valence-corrected chi connectivity index (χ3v) is 4.56. The Morgan fingerprint density at radius 3 is 2.74 bits per heavy atom. The Morgan fingerprint density at radius 2 is 2.00 bits per heavy atom. The molecule has 0 fully saturated rings. The molecule has 2 aromatic carbocycles. The molecule has 7 nitrogen and oxygen atoms in total. The summed E-state index contributed by atoms with van der Waals surface area (Å²) in [6.07, 6.45) is 1.35. The lowest BCUT2D eigenvalue weighted by molar-refractivity contribution is 0.476. The molecule has 0 amide bonds. The van der Waals surface area contributed by atoms with E-state index in [4.69, 9.17) is 4.18 Å². The van der Waals surface area contributed by atoms with Crippen molar-refractivity contribution in [3.8, 4) is 11.4 Å². The van der Waals surface area contributed by atoms with Crippen LogP contribution >= 0.6 is 15.9 Å². The molecule has 3 aromatic rings. The molecule has 1 aromatic heterocycles. The minimum Gasteiger partial charge on any atom is -0.379 e. The maximum atomic E-state index is 13.8. The first kappa shape index (κ1) is 15.6. The minimum atomic E-state index is -4.32. The standard InChI is InChI=1S/C13H8BrFN4O3S/c14-9-4-5-12(15)13(6-9)23(20,21)22-11-3-1-2-10(7-11)19-8-16-17-18-19/h1-8H.